The van der Waals surface area contributed by atoms with Gasteiger partial charge in [-0.3, -0.25) is 4.79 Å². The predicted molar refractivity (Wildman–Crippen MR) is 88.8 cm³/mol. The molecule has 0 spiro atoms. The van der Waals surface area contributed by atoms with Crippen LogP contribution in [0.2, 0.25) is 0 Å². The van der Waals surface area contributed by atoms with Gasteiger partial charge >= 0.3 is 0 Å². The van der Waals surface area contributed by atoms with Crippen LogP contribution in [0, 0.1) is 0 Å². The summed E-state index contributed by atoms with van der Waals surface area (Å²) >= 11 is 0. The standard InChI is InChI=1S/C16H24N2O3S/c1-12(11-22(3,20)21)17-13(2)14-6-8-15(9-7-14)18-10-4-5-16(18)19/h6-9,12-13,17H,4-5,10-11H2,1-3H3/t12-,13-/m1/s1. The minimum Gasteiger partial charge on any atom is -0.312 e. The van der Waals surface area contributed by atoms with Crippen LogP contribution in [0.3, 0.4) is 0 Å². The van der Waals surface area contributed by atoms with Crippen LogP contribution in [0.4, 0.5) is 5.69 Å². The minimum absolute atomic E-state index is 0.0556. The molecule has 1 aromatic rings. The summed E-state index contributed by atoms with van der Waals surface area (Å²) in [5.74, 6) is 0.304. The summed E-state index contributed by atoms with van der Waals surface area (Å²) in [4.78, 5) is 13.5. The lowest BCUT2D eigenvalue weighted by atomic mass is 10.1. The molecule has 2 rings (SSSR count). The lowest BCUT2D eigenvalue weighted by molar-refractivity contribution is -0.117. The third kappa shape index (κ3) is 4.55. The Kier molecular flexibility index (Phi) is 5.24. The molecule has 22 heavy (non-hydrogen) atoms. The van der Waals surface area contributed by atoms with Crippen LogP contribution in [0.15, 0.2) is 24.3 Å². The Morgan fingerprint density at radius 1 is 1.23 bits per heavy atom. The zero-order valence-corrected chi connectivity index (χ0v) is 14.2. The van der Waals surface area contributed by atoms with Crippen LogP contribution in [-0.2, 0) is 14.6 Å². The molecule has 1 saturated heterocycles. The van der Waals surface area contributed by atoms with Crippen molar-refractivity contribution in [3.63, 3.8) is 0 Å². The Morgan fingerprint density at radius 2 is 1.86 bits per heavy atom. The van der Waals surface area contributed by atoms with Crippen LogP contribution in [0.5, 0.6) is 0 Å². The average Bonchev–Trinajstić information content (AvgIpc) is 2.83. The van der Waals surface area contributed by atoms with Crippen molar-refractivity contribution in [1.82, 2.24) is 5.32 Å². The fourth-order valence-corrected chi connectivity index (χ4v) is 3.89. The van der Waals surface area contributed by atoms with Crippen molar-refractivity contribution in [2.24, 2.45) is 0 Å². The van der Waals surface area contributed by atoms with E-state index in [1.54, 1.807) is 0 Å². The van der Waals surface area contributed by atoms with Crippen molar-refractivity contribution in [2.45, 2.75) is 38.8 Å². The third-order valence-electron chi connectivity index (χ3n) is 3.87. The number of carbonyl (C=O) groups excluding carboxylic acids is 1. The molecule has 122 valence electrons. The van der Waals surface area contributed by atoms with Gasteiger partial charge in [0, 0.05) is 37.0 Å². The van der Waals surface area contributed by atoms with Gasteiger partial charge in [0.1, 0.15) is 9.84 Å². The maximum absolute atomic E-state index is 11.7. The van der Waals surface area contributed by atoms with E-state index in [9.17, 15) is 13.2 Å². The number of anilines is 1. The van der Waals surface area contributed by atoms with Crippen molar-refractivity contribution < 1.29 is 13.2 Å². The number of hydrogen-bond acceptors (Lipinski definition) is 4. The number of carbonyl (C=O) groups is 1. The first-order valence-corrected chi connectivity index (χ1v) is 9.66. The Balaban J connectivity index is 1.99. The molecular weight excluding hydrogens is 300 g/mol. The molecule has 2 atom stereocenters. The number of nitrogens with zero attached hydrogens (tertiary/aromatic N) is 1. The van der Waals surface area contributed by atoms with Crippen LogP contribution >= 0.6 is 0 Å². The molecule has 0 saturated carbocycles. The van der Waals surface area contributed by atoms with Gasteiger partial charge in [0.25, 0.3) is 0 Å². The molecule has 1 N–H and O–H groups in total. The molecule has 1 aromatic carbocycles. The number of rotatable bonds is 6. The number of benzene rings is 1. The van der Waals surface area contributed by atoms with Crippen LogP contribution in [-0.4, -0.2) is 38.9 Å². The molecule has 1 aliphatic rings. The molecule has 1 heterocycles. The van der Waals surface area contributed by atoms with E-state index < -0.39 is 9.84 Å². The van der Waals surface area contributed by atoms with Gasteiger partial charge in [0.05, 0.1) is 5.75 Å². The molecule has 0 bridgehead atoms. The SMILES string of the molecule is C[C@H](CS(C)(=O)=O)N[C@H](C)c1ccc(N2CCCC2=O)cc1. The highest BCUT2D eigenvalue weighted by molar-refractivity contribution is 7.90. The van der Waals surface area contributed by atoms with Crippen molar-refractivity contribution in [2.75, 3.05) is 23.5 Å². The van der Waals surface area contributed by atoms with Crippen LogP contribution in [0.1, 0.15) is 38.3 Å². The molecule has 0 radical (unpaired) electrons. The molecule has 0 unspecified atom stereocenters. The first-order valence-electron chi connectivity index (χ1n) is 7.60. The zero-order chi connectivity index (χ0) is 16.3. The minimum atomic E-state index is -2.98. The highest BCUT2D eigenvalue weighted by Crippen LogP contribution is 2.23. The fourth-order valence-electron chi connectivity index (χ4n) is 2.89. The maximum atomic E-state index is 11.7. The summed E-state index contributed by atoms with van der Waals surface area (Å²) in [5.41, 5.74) is 2.01. The largest absolute Gasteiger partial charge is 0.312 e. The Hall–Kier alpha value is -1.40. The van der Waals surface area contributed by atoms with E-state index in [-0.39, 0.29) is 23.7 Å². The molecule has 1 aliphatic heterocycles. The van der Waals surface area contributed by atoms with Gasteiger partial charge in [0.2, 0.25) is 5.91 Å². The monoisotopic (exact) mass is 324 g/mol. The predicted octanol–water partition coefficient (Wildman–Crippen LogP) is 1.90. The van der Waals surface area contributed by atoms with Crippen molar-refractivity contribution in [1.29, 1.82) is 0 Å². The molecule has 1 amide bonds. The molecular formula is C16H24N2O3S. The van der Waals surface area contributed by atoms with Gasteiger partial charge in [0.15, 0.2) is 0 Å². The average molecular weight is 324 g/mol. The third-order valence-corrected chi connectivity index (χ3v) is 4.97. The highest BCUT2D eigenvalue weighted by Gasteiger charge is 2.21. The Morgan fingerprint density at radius 3 is 2.36 bits per heavy atom. The molecule has 5 nitrogen and oxygen atoms in total. The lowest BCUT2D eigenvalue weighted by Gasteiger charge is -2.21. The summed E-state index contributed by atoms with van der Waals surface area (Å²) in [7, 11) is -2.98. The summed E-state index contributed by atoms with van der Waals surface area (Å²) in [5, 5.41) is 3.29. The van der Waals surface area contributed by atoms with Crippen molar-refractivity contribution >= 4 is 21.4 Å². The Labute approximate surface area is 132 Å². The first kappa shape index (κ1) is 17.0. The fraction of sp³-hybridized carbons (Fsp3) is 0.562. The van der Waals surface area contributed by atoms with E-state index in [2.05, 4.69) is 5.32 Å². The van der Waals surface area contributed by atoms with Gasteiger partial charge in [-0.05, 0) is 38.0 Å². The molecule has 0 aromatic heterocycles. The van der Waals surface area contributed by atoms with E-state index in [1.807, 2.05) is 43.0 Å². The number of nitrogens with one attached hydrogen (secondary N) is 1. The van der Waals surface area contributed by atoms with Gasteiger partial charge in [-0.1, -0.05) is 12.1 Å². The number of amides is 1. The van der Waals surface area contributed by atoms with E-state index in [1.165, 1.54) is 6.26 Å². The van der Waals surface area contributed by atoms with Gasteiger partial charge in [-0.15, -0.1) is 0 Å². The van der Waals surface area contributed by atoms with Crippen molar-refractivity contribution in [3.05, 3.63) is 29.8 Å². The normalized spacial score (nSPS) is 18.5. The quantitative estimate of drug-likeness (QED) is 0.868. The smallest absolute Gasteiger partial charge is 0.227 e. The second-order valence-corrected chi connectivity index (χ2v) is 8.31. The Bertz CT molecular complexity index is 625. The zero-order valence-electron chi connectivity index (χ0n) is 13.4. The second-order valence-electron chi connectivity index (χ2n) is 6.12. The van der Waals surface area contributed by atoms with Crippen LogP contribution < -0.4 is 10.2 Å². The summed E-state index contributed by atoms with van der Waals surface area (Å²) < 4.78 is 22.6. The number of sulfone groups is 1. The summed E-state index contributed by atoms with van der Waals surface area (Å²) in [6.07, 6.45) is 2.79. The second kappa shape index (κ2) is 6.79. The first-order chi connectivity index (χ1) is 10.3. The topological polar surface area (TPSA) is 66.5 Å². The van der Waals surface area contributed by atoms with E-state index >= 15 is 0 Å². The van der Waals surface area contributed by atoms with Crippen LogP contribution in [0.25, 0.3) is 0 Å². The molecule has 6 heteroatoms. The molecule has 1 fully saturated rings. The van der Waals surface area contributed by atoms with Gasteiger partial charge in [-0.2, -0.15) is 0 Å². The lowest BCUT2D eigenvalue weighted by Crippen LogP contribution is -2.34. The van der Waals surface area contributed by atoms with E-state index in [0.717, 1.165) is 24.2 Å². The summed E-state index contributed by atoms with van der Waals surface area (Å²) in [6.45, 7) is 4.67. The maximum Gasteiger partial charge on any atom is 0.227 e. The van der Waals surface area contributed by atoms with E-state index in [4.69, 9.17) is 0 Å². The highest BCUT2D eigenvalue weighted by atomic mass is 32.2. The van der Waals surface area contributed by atoms with Crippen molar-refractivity contribution in [3.8, 4) is 0 Å². The van der Waals surface area contributed by atoms with E-state index in [0.29, 0.717) is 6.42 Å². The summed E-state index contributed by atoms with van der Waals surface area (Å²) in [6, 6.07) is 7.85. The van der Waals surface area contributed by atoms with Gasteiger partial charge in [-0.25, -0.2) is 8.42 Å². The number of hydrogen-bond donors (Lipinski definition) is 1. The van der Waals surface area contributed by atoms with Gasteiger partial charge < -0.3 is 10.2 Å². The molecule has 0 aliphatic carbocycles.